The highest BCUT2D eigenvalue weighted by molar-refractivity contribution is 4.36. The van der Waals surface area contributed by atoms with Gasteiger partial charge in [-0.3, -0.25) is 4.39 Å². The predicted octanol–water partition coefficient (Wildman–Crippen LogP) is 2.80. The first-order chi connectivity index (χ1) is 4.77. The van der Waals surface area contributed by atoms with Crippen LogP contribution in [0.4, 0.5) is 4.39 Å². The maximum Gasteiger partial charge on any atom is 0.0785 e. The summed E-state index contributed by atoms with van der Waals surface area (Å²) in [4.78, 5) is 0. The van der Waals surface area contributed by atoms with Gasteiger partial charge in [-0.15, -0.1) is 0 Å². The maximum atomic E-state index is 9.50. The molecule has 0 spiro atoms. The van der Waals surface area contributed by atoms with Gasteiger partial charge in [0.2, 0.25) is 0 Å². The third-order valence-electron chi connectivity index (χ3n) is 0.949. The van der Waals surface area contributed by atoms with Crippen LogP contribution in [0.2, 0.25) is 0 Å². The Labute approximate surface area is 63.6 Å². The summed E-state index contributed by atoms with van der Waals surface area (Å²) in [5, 5.41) is 0. The van der Waals surface area contributed by atoms with E-state index in [9.17, 15) is 4.39 Å². The van der Waals surface area contributed by atoms with Gasteiger partial charge in [0.15, 0.2) is 0 Å². The Hall–Kier alpha value is -0.110. The van der Waals surface area contributed by atoms with Crippen molar-refractivity contribution in [2.75, 3.05) is 13.8 Å². The van der Waals surface area contributed by atoms with Crippen LogP contribution < -0.4 is 0 Å². The fraction of sp³-hybridized carbons (Fsp3) is 1.00. The summed E-state index contributed by atoms with van der Waals surface area (Å²) in [6, 6.07) is 0. The number of halogens is 1. The number of ether oxygens (including phenoxy) is 1. The molecule has 2 heteroatoms. The molecule has 0 bridgehead atoms. The first-order valence-electron chi connectivity index (χ1n) is 3.76. The van der Waals surface area contributed by atoms with Crippen molar-refractivity contribution in [3.8, 4) is 0 Å². The highest BCUT2D eigenvalue weighted by atomic mass is 19.1. The van der Waals surface area contributed by atoms with E-state index in [4.69, 9.17) is 4.74 Å². The lowest BCUT2D eigenvalue weighted by Crippen LogP contribution is -2.02. The third-order valence-corrected chi connectivity index (χ3v) is 0.949. The van der Waals surface area contributed by atoms with E-state index < -0.39 is 0 Å². The van der Waals surface area contributed by atoms with Crippen molar-refractivity contribution in [3.63, 3.8) is 0 Å². The number of alkyl halides is 1. The Morgan fingerprint density at radius 1 is 1.30 bits per heavy atom. The zero-order valence-corrected chi connectivity index (χ0v) is 7.48. The molecule has 0 saturated heterocycles. The van der Waals surface area contributed by atoms with Crippen LogP contribution in [0.15, 0.2) is 0 Å². The Morgan fingerprint density at radius 2 is 1.80 bits per heavy atom. The summed E-state index contributed by atoms with van der Waals surface area (Å²) in [6.45, 7) is 7.23. The molecular weight excluding hydrogens is 131 g/mol. The molecule has 0 aliphatic rings. The second-order valence-electron chi connectivity index (χ2n) is 2.27. The van der Waals surface area contributed by atoms with Crippen molar-refractivity contribution in [2.24, 2.45) is 0 Å². The minimum Gasteiger partial charge on any atom is -0.379 e. The highest BCUT2D eigenvalue weighted by Crippen LogP contribution is 1.91. The van der Waals surface area contributed by atoms with Crippen molar-refractivity contribution >= 4 is 0 Å². The van der Waals surface area contributed by atoms with Crippen molar-refractivity contribution in [2.45, 2.75) is 39.7 Å². The zero-order chi connectivity index (χ0) is 8.41. The summed E-state index contributed by atoms with van der Waals surface area (Å²) in [5.74, 6) is 0. The molecule has 0 N–H and O–H groups in total. The molecule has 1 nitrogen and oxygen atoms in total. The van der Waals surface area contributed by atoms with E-state index in [-0.39, 0.29) is 0 Å². The highest BCUT2D eigenvalue weighted by Gasteiger charge is 1.89. The molecule has 0 saturated carbocycles. The van der Waals surface area contributed by atoms with Gasteiger partial charge in [-0.25, -0.2) is 0 Å². The van der Waals surface area contributed by atoms with Crippen molar-refractivity contribution < 1.29 is 9.13 Å². The van der Waals surface area contributed by atoms with Gasteiger partial charge < -0.3 is 4.74 Å². The topological polar surface area (TPSA) is 9.23 Å². The fourth-order valence-corrected chi connectivity index (χ4v) is 0.463. The Morgan fingerprint density at radius 3 is 2.10 bits per heavy atom. The van der Waals surface area contributed by atoms with E-state index in [1.807, 2.05) is 0 Å². The molecule has 10 heavy (non-hydrogen) atoms. The molecule has 0 fully saturated rings. The van der Waals surface area contributed by atoms with Gasteiger partial charge in [0.1, 0.15) is 0 Å². The molecule has 0 aliphatic carbocycles. The molecule has 0 heterocycles. The molecule has 0 rings (SSSR count). The van der Waals surface area contributed by atoms with Crippen molar-refractivity contribution in [1.29, 1.82) is 0 Å². The monoisotopic (exact) mass is 150 g/mol. The van der Waals surface area contributed by atoms with Crippen molar-refractivity contribution in [1.82, 2.24) is 0 Å². The Kier molecular flexibility index (Phi) is 14.6. The molecule has 0 aromatic heterocycles. The predicted molar refractivity (Wildman–Crippen MR) is 43.0 cm³/mol. The van der Waals surface area contributed by atoms with E-state index in [2.05, 4.69) is 20.8 Å². The van der Waals surface area contributed by atoms with E-state index >= 15 is 0 Å². The lowest BCUT2D eigenvalue weighted by molar-refractivity contribution is 0.0767. The second-order valence-corrected chi connectivity index (χ2v) is 2.27. The van der Waals surface area contributed by atoms with Gasteiger partial charge in [0.25, 0.3) is 0 Å². The number of rotatable bonds is 4. The lowest BCUT2D eigenvalue weighted by atomic mass is 10.3. The van der Waals surface area contributed by atoms with E-state index in [1.165, 1.54) is 12.8 Å². The normalized spacial score (nSPS) is 9.00. The molecular formula is C8H19FO. The molecule has 0 unspecified atom stereocenters. The third kappa shape index (κ3) is 15.7. The fourth-order valence-electron chi connectivity index (χ4n) is 0.463. The number of hydrogen-bond acceptors (Lipinski definition) is 1. The van der Waals surface area contributed by atoms with Crippen LogP contribution in [0.5, 0.6) is 0 Å². The molecule has 0 aromatic rings. The Bertz CT molecular complexity index is 46.5. The van der Waals surface area contributed by atoms with Gasteiger partial charge in [-0.1, -0.05) is 13.3 Å². The van der Waals surface area contributed by atoms with Gasteiger partial charge in [-0.2, -0.15) is 0 Å². The summed E-state index contributed by atoms with van der Waals surface area (Å²) < 4.78 is 14.8. The smallest absolute Gasteiger partial charge is 0.0785 e. The lowest BCUT2D eigenvalue weighted by Gasteiger charge is -2.04. The molecule has 0 amide bonds. The number of hydrogen-bond donors (Lipinski definition) is 0. The van der Waals surface area contributed by atoms with Crippen molar-refractivity contribution in [3.05, 3.63) is 0 Å². The first kappa shape index (κ1) is 12.6. The van der Waals surface area contributed by atoms with Gasteiger partial charge in [0, 0.05) is 6.61 Å². The molecule has 0 aromatic carbocycles. The minimum absolute atomic E-state index is 0.404. The quantitative estimate of drug-likeness (QED) is 0.560. The van der Waals surface area contributed by atoms with Crippen LogP contribution in [0.1, 0.15) is 33.6 Å². The van der Waals surface area contributed by atoms with Gasteiger partial charge in [-0.05, 0) is 20.3 Å². The average molecular weight is 150 g/mol. The summed E-state index contributed by atoms with van der Waals surface area (Å²) in [7, 11) is 0.500. The van der Waals surface area contributed by atoms with Gasteiger partial charge >= 0.3 is 0 Å². The van der Waals surface area contributed by atoms with Crippen LogP contribution >= 0.6 is 0 Å². The van der Waals surface area contributed by atoms with Crippen LogP contribution in [0.25, 0.3) is 0 Å². The van der Waals surface area contributed by atoms with E-state index in [0.717, 1.165) is 6.61 Å². The molecule has 0 aliphatic heterocycles. The van der Waals surface area contributed by atoms with E-state index in [1.54, 1.807) is 0 Å². The van der Waals surface area contributed by atoms with Gasteiger partial charge in [0.05, 0.1) is 13.3 Å². The SMILES string of the molecule is CCCCOC(C)C.CF. The zero-order valence-electron chi connectivity index (χ0n) is 7.48. The largest absolute Gasteiger partial charge is 0.379 e. The summed E-state index contributed by atoms with van der Waals surface area (Å²) in [5.41, 5.74) is 0. The number of unbranched alkanes of at least 4 members (excludes halogenated alkanes) is 1. The average Bonchev–Trinajstić information content (AvgIpc) is 1.92. The molecule has 0 radical (unpaired) electrons. The summed E-state index contributed by atoms with van der Waals surface area (Å²) in [6.07, 6.45) is 2.83. The Balaban J connectivity index is 0. The maximum absolute atomic E-state index is 9.50. The molecule has 64 valence electrons. The first-order valence-corrected chi connectivity index (χ1v) is 3.76. The molecule has 0 atom stereocenters. The van der Waals surface area contributed by atoms with Crippen LogP contribution in [0, 0.1) is 0 Å². The second kappa shape index (κ2) is 11.7. The summed E-state index contributed by atoms with van der Waals surface area (Å²) >= 11 is 0. The van der Waals surface area contributed by atoms with E-state index in [0.29, 0.717) is 13.3 Å². The minimum atomic E-state index is 0.404. The van der Waals surface area contributed by atoms with Crippen LogP contribution in [-0.2, 0) is 4.74 Å². The standard InChI is InChI=1S/C7H16O.CH3F/c1-4-5-6-8-7(2)3;1-2/h7H,4-6H2,1-3H3;1H3. The van der Waals surface area contributed by atoms with Crippen LogP contribution in [-0.4, -0.2) is 19.9 Å². The van der Waals surface area contributed by atoms with Crippen LogP contribution in [0.3, 0.4) is 0 Å².